The number of benzene rings is 1. The van der Waals surface area contributed by atoms with Crippen LogP contribution in [0, 0.1) is 0 Å². The molecule has 0 radical (unpaired) electrons. The zero-order chi connectivity index (χ0) is 12.6. The third kappa shape index (κ3) is 2.53. The van der Waals surface area contributed by atoms with Gasteiger partial charge in [-0.2, -0.15) is 0 Å². The Morgan fingerprint density at radius 3 is 2.47 bits per heavy atom. The zero-order valence-corrected chi connectivity index (χ0v) is 10.6. The van der Waals surface area contributed by atoms with Gasteiger partial charge in [-0.25, -0.2) is 8.42 Å². The van der Waals surface area contributed by atoms with Gasteiger partial charge >= 0.3 is 0 Å². The van der Waals surface area contributed by atoms with Crippen molar-refractivity contribution in [3.8, 4) is 11.5 Å². The molecular formula is C11H15NO4S. The minimum atomic E-state index is -3.29. The molecule has 2 rings (SSSR count). The molecule has 0 aromatic heterocycles. The van der Waals surface area contributed by atoms with Crippen LogP contribution in [0.25, 0.3) is 0 Å². The average Bonchev–Trinajstić information content (AvgIpc) is 2.60. The zero-order valence-electron chi connectivity index (χ0n) is 9.76. The first-order chi connectivity index (χ1) is 7.88. The van der Waals surface area contributed by atoms with Crippen LogP contribution in [0.2, 0.25) is 0 Å². The van der Waals surface area contributed by atoms with Gasteiger partial charge in [-0.1, -0.05) is 0 Å². The van der Waals surface area contributed by atoms with Crippen molar-refractivity contribution in [3.63, 3.8) is 0 Å². The van der Waals surface area contributed by atoms with Crippen molar-refractivity contribution in [1.82, 2.24) is 0 Å². The molecule has 1 unspecified atom stereocenters. The first-order valence-corrected chi connectivity index (χ1v) is 7.15. The maximum atomic E-state index is 11.7. The number of fused-ring (bicyclic) bond motifs is 1. The Labute approximate surface area is 100 Å². The van der Waals surface area contributed by atoms with Crippen molar-refractivity contribution in [1.29, 1.82) is 0 Å². The van der Waals surface area contributed by atoms with E-state index in [1.54, 1.807) is 6.07 Å². The highest BCUT2D eigenvalue weighted by atomic mass is 32.2. The van der Waals surface area contributed by atoms with Crippen LogP contribution in [0.3, 0.4) is 0 Å². The first-order valence-electron chi connectivity index (χ1n) is 5.26. The maximum absolute atomic E-state index is 11.7. The van der Waals surface area contributed by atoms with Crippen LogP contribution in [0.5, 0.6) is 11.5 Å². The molecule has 0 aliphatic carbocycles. The van der Waals surface area contributed by atoms with Gasteiger partial charge in [0.15, 0.2) is 21.3 Å². The largest absolute Gasteiger partial charge is 0.454 e. The van der Waals surface area contributed by atoms with Crippen LogP contribution in [0.15, 0.2) is 17.0 Å². The lowest BCUT2D eigenvalue weighted by atomic mass is 10.1. The molecule has 5 nitrogen and oxygen atoms in total. The minimum Gasteiger partial charge on any atom is -0.454 e. The smallest absolute Gasteiger partial charge is 0.231 e. The molecule has 2 N–H and O–H groups in total. The van der Waals surface area contributed by atoms with Crippen molar-refractivity contribution < 1.29 is 17.9 Å². The van der Waals surface area contributed by atoms with E-state index in [4.69, 9.17) is 15.2 Å². The van der Waals surface area contributed by atoms with Crippen molar-refractivity contribution in [2.45, 2.75) is 24.3 Å². The highest BCUT2D eigenvalue weighted by Gasteiger charge is 2.22. The van der Waals surface area contributed by atoms with Crippen molar-refractivity contribution in [3.05, 3.63) is 17.7 Å². The van der Waals surface area contributed by atoms with E-state index in [1.807, 2.05) is 6.92 Å². The standard InChI is InChI=1S/C11H15NO4S/c1-7(12)3-8-4-9-10(16-6-15-9)5-11(8)17(2,13)14/h4-5,7H,3,6,12H2,1-2H3. The average molecular weight is 257 g/mol. The molecule has 1 aromatic rings. The highest BCUT2D eigenvalue weighted by molar-refractivity contribution is 7.90. The molecule has 0 saturated carbocycles. The molecule has 0 fully saturated rings. The lowest BCUT2D eigenvalue weighted by Gasteiger charge is -2.11. The Kier molecular flexibility index (Phi) is 3.01. The quantitative estimate of drug-likeness (QED) is 0.862. The van der Waals surface area contributed by atoms with Gasteiger partial charge in [0.1, 0.15) is 0 Å². The summed E-state index contributed by atoms with van der Waals surface area (Å²) in [5.41, 5.74) is 6.39. The Morgan fingerprint density at radius 2 is 1.94 bits per heavy atom. The highest BCUT2D eigenvalue weighted by Crippen LogP contribution is 2.36. The topological polar surface area (TPSA) is 78.6 Å². The summed E-state index contributed by atoms with van der Waals surface area (Å²) >= 11 is 0. The summed E-state index contributed by atoms with van der Waals surface area (Å²) in [6, 6.07) is 3.09. The molecule has 1 heterocycles. The second-order valence-corrected chi connectivity index (χ2v) is 6.25. The van der Waals surface area contributed by atoms with Gasteiger partial charge < -0.3 is 15.2 Å². The number of hydrogen-bond acceptors (Lipinski definition) is 5. The summed E-state index contributed by atoms with van der Waals surface area (Å²) in [4.78, 5) is 0.263. The normalized spacial score (nSPS) is 15.9. The summed E-state index contributed by atoms with van der Waals surface area (Å²) in [6.07, 6.45) is 1.66. The monoisotopic (exact) mass is 257 g/mol. The molecule has 17 heavy (non-hydrogen) atoms. The predicted molar refractivity (Wildman–Crippen MR) is 63.0 cm³/mol. The Balaban J connectivity index is 2.55. The van der Waals surface area contributed by atoms with Gasteiger partial charge in [-0.3, -0.25) is 0 Å². The summed E-state index contributed by atoms with van der Waals surface area (Å²) in [6.45, 7) is 1.96. The number of hydrogen-bond donors (Lipinski definition) is 1. The fraction of sp³-hybridized carbons (Fsp3) is 0.455. The van der Waals surface area contributed by atoms with Crippen LogP contribution in [-0.2, 0) is 16.3 Å². The summed E-state index contributed by atoms with van der Waals surface area (Å²) < 4.78 is 33.8. The van der Waals surface area contributed by atoms with Crippen molar-refractivity contribution in [2.75, 3.05) is 13.0 Å². The van der Waals surface area contributed by atoms with Crippen LogP contribution < -0.4 is 15.2 Å². The van der Waals surface area contributed by atoms with Gasteiger partial charge in [-0.15, -0.1) is 0 Å². The van der Waals surface area contributed by atoms with E-state index >= 15 is 0 Å². The lowest BCUT2D eigenvalue weighted by molar-refractivity contribution is 0.174. The van der Waals surface area contributed by atoms with Crippen LogP contribution >= 0.6 is 0 Å². The van der Waals surface area contributed by atoms with E-state index in [-0.39, 0.29) is 17.7 Å². The van der Waals surface area contributed by atoms with Gasteiger partial charge in [0.05, 0.1) is 4.90 Å². The van der Waals surface area contributed by atoms with Gasteiger partial charge in [-0.05, 0) is 25.0 Å². The lowest BCUT2D eigenvalue weighted by Crippen LogP contribution is -2.19. The van der Waals surface area contributed by atoms with Gasteiger partial charge in [0, 0.05) is 18.4 Å². The molecule has 6 heteroatoms. The molecule has 0 saturated heterocycles. The van der Waals surface area contributed by atoms with E-state index in [9.17, 15) is 8.42 Å². The van der Waals surface area contributed by atoms with Gasteiger partial charge in [0.2, 0.25) is 6.79 Å². The predicted octanol–water partition coefficient (Wildman–Crippen LogP) is 0.709. The fourth-order valence-corrected chi connectivity index (χ4v) is 2.76. The van der Waals surface area contributed by atoms with E-state index in [0.717, 1.165) is 0 Å². The first kappa shape index (κ1) is 12.2. The third-order valence-corrected chi connectivity index (χ3v) is 3.68. The number of nitrogens with two attached hydrogens (primary N) is 1. The molecule has 0 amide bonds. The molecule has 94 valence electrons. The van der Waals surface area contributed by atoms with Gasteiger partial charge in [0.25, 0.3) is 0 Å². The third-order valence-electron chi connectivity index (χ3n) is 2.50. The second kappa shape index (κ2) is 4.19. The Morgan fingerprint density at radius 1 is 1.35 bits per heavy atom. The number of rotatable bonds is 3. The molecule has 1 aromatic carbocycles. The summed E-state index contributed by atoms with van der Waals surface area (Å²) in [5, 5.41) is 0. The SMILES string of the molecule is CC(N)Cc1cc2c(cc1S(C)(=O)=O)OCO2. The van der Waals surface area contributed by atoms with Crippen LogP contribution in [0.4, 0.5) is 0 Å². The summed E-state index contributed by atoms with van der Waals surface area (Å²) in [7, 11) is -3.29. The Bertz CT molecular complexity index is 537. The van der Waals surface area contributed by atoms with Crippen LogP contribution in [0.1, 0.15) is 12.5 Å². The molecule has 1 aliphatic rings. The van der Waals surface area contributed by atoms with Crippen molar-refractivity contribution in [2.24, 2.45) is 5.73 Å². The molecule has 1 atom stereocenters. The second-order valence-electron chi connectivity index (χ2n) is 4.27. The molecule has 1 aliphatic heterocycles. The minimum absolute atomic E-state index is 0.115. The number of ether oxygens (including phenoxy) is 2. The summed E-state index contributed by atoms with van der Waals surface area (Å²) in [5.74, 6) is 1.05. The molecule has 0 bridgehead atoms. The molecular weight excluding hydrogens is 242 g/mol. The number of sulfone groups is 1. The van der Waals surface area contributed by atoms with E-state index in [1.165, 1.54) is 12.3 Å². The molecule has 0 spiro atoms. The van der Waals surface area contributed by atoms with E-state index in [0.29, 0.717) is 23.5 Å². The Hall–Kier alpha value is -1.27. The van der Waals surface area contributed by atoms with E-state index in [2.05, 4.69) is 0 Å². The van der Waals surface area contributed by atoms with Crippen molar-refractivity contribution >= 4 is 9.84 Å². The maximum Gasteiger partial charge on any atom is 0.231 e. The van der Waals surface area contributed by atoms with E-state index < -0.39 is 9.84 Å². The van der Waals surface area contributed by atoms with Crippen LogP contribution in [-0.4, -0.2) is 27.5 Å². The fourth-order valence-electron chi connectivity index (χ4n) is 1.82.